The lowest BCUT2D eigenvalue weighted by Gasteiger charge is -2.27. The first-order valence-electron chi connectivity index (χ1n) is 10.9. The molecule has 3 aromatic heterocycles. The number of aromatic nitrogens is 4. The standard InChI is InChI=1S/C26H33FN4O/c1-24(2,3)21-13-17(14-22(27)29-21)15-25(4,5)19-10-8-9-18(28-19)16-26(6,7)20-11-12-23(32)31-30-20/h8-14H,15-16H2,1-7H3,(H,31,32). The van der Waals surface area contributed by atoms with E-state index in [1.807, 2.05) is 45.0 Å². The van der Waals surface area contributed by atoms with Gasteiger partial charge in [0.2, 0.25) is 11.8 Å². The van der Waals surface area contributed by atoms with Crippen molar-refractivity contribution >= 4 is 0 Å². The Morgan fingerprint density at radius 2 is 1.44 bits per heavy atom. The van der Waals surface area contributed by atoms with Crippen LogP contribution in [0.15, 0.2) is 42.5 Å². The summed E-state index contributed by atoms with van der Waals surface area (Å²) in [6.07, 6.45) is 1.33. The first kappa shape index (κ1) is 23.8. The minimum Gasteiger partial charge on any atom is -0.492 e. The van der Waals surface area contributed by atoms with Gasteiger partial charge in [0.25, 0.3) is 0 Å². The Morgan fingerprint density at radius 1 is 0.750 bits per heavy atom. The van der Waals surface area contributed by atoms with E-state index < -0.39 is 5.95 Å². The zero-order valence-corrected chi connectivity index (χ0v) is 20.1. The van der Waals surface area contributed by atoms with Crippen LogP contribution < -0.4 is 0 Å². The summed E-state index contributed by atoms with van der Waals surface area (Å²) in [5.41, 5.74) is 3.56. The van der Waals surface area contributed by atoms with Gasteiger partial charge < -0.3 is 5.11 Å². The molecule has 0 aliphatic heterocycles. The van der Waals surface area contributed by atoms with Crippen LogP contribution in [-0.2, 0) is 29.1 Å². The maximum atomic E-state index is 14.2. The van der Waals surface area contributed by atoms with Crippen molar-refractivity contribution in [3.05, 3.63) is 76.8 Å². The van der Waals surface area contributed by atoms with Crippen LogP contribution in [0.5, 0.6) is 5.88 Å². The normalized spacial score (nSPS) is 12.8. The predicted octanol–water partition coefficient (Wildman–Crippen LogP) is 5.45. The highest BCUT2D eigenvalue weighted by Gasteiger charge is 2.28. The lowest BCUT2D eigenvalue weighted by Crippen LogP contribution is -2.26. The number of nitrogens with zero attached hydrogens (tertiary/aromatic N) is 4. The lowest BCUT2D eigenvalue weighted by molar-refractivity contribution is 0.432. The van der Waals surface area contributed by atoms with Crippen LogP contribution in [0, 0.1) is 5.95 Å². The fraction of sp³-hybridized carbons (Fsp3) is 0.462. The molecule has 0 radical (unpaired) electrons. The Morgan fingerprint density at radius 3 is 2.06 bits per heavy atom. The van der Waals surface area contributed by atoms with Crippen molar-refractivity contribution in [2.24, 2.45) is 0 Å². The van der Waals surface area contributed by atoms with Crippen LogP contribution in [0.2, 0.25) is 0 Å². The van der Waals surface area contributed by atoms with E-state index in [9.17, 15) is 9.50 Å². The van der Waals surface area contributed by atoms with Crippen LogP contribution in [0.25, 0.3) is 0 Å². The van der Waals surface area contributed by atoms with Crippen LogP contribution in [0.3, 0.4) is 0 Å². The predicted molar refractivity (Wildman–Crippen MR) is 124 cm³/mol. The molecule has 0 atom stereocenters. The molecular weight excluding hydrogens is 403 g/mol. The van der Waals surface area contributed by atoms with Crippen molar-refractivity contribution in [3.63, 3.8) is 0 Å². The average molecular weight is 437 g/mol. The van der Waals surface area contributed by atoms with Crippen molar-refractivity contribution in [2.45, 2.75) is 77.6 Å². The van der Waals surface area contributed by atoms with Crippen LogP contribution in [0.4, 0.5) is 4.39 Å². The summed E-state index contributed by atoms with van der Waals surface area (Å²) in [6.45, 7) is 14.5. The first-order valence-corrected chi connectivity index (χ1v) is 10.9. The molecule has 0 fully saturated rings. The second kappa shape index (κ2) is 8.57. The maximum Gasteiger partial charge on any atom is 0.230 e. The number of aromatic hydroxyl groups is 1. The van der Waals surface area contributed by atoms with E-state index in [0.717, 1.165) is 28.3 Å². The van der Waals surface area contributed by atoms with Crippen LogP contribution >= 0.6 is 0 Å². The van der Waals surface area contributed by atoms with Gasteiger partial charge in [-0.1, -0.05) is 54.5 Å². The molecule has 6 heteroatoms. The number of hydrogen-bond donors (Lipinski definition) is 1. The van der Waals surface area contributed by atoms with Gasteiger partial charge >= 0.3 is 0 Å². The second-order valence-electron chi connectivity index (χ2n) is 10.8. The highest BCUT2D eigenvalue weighted by Crippen LogP contribution is 2.31. The van der Waals surface area contributed by atoms with Crippen LogP contribution in [0.1, 0.15) is 76.8 Å². The van der Waals surface area contributed by atoms with Gasteiger partial charge in [0.05, 0.1) is 5.69 Å². The molecule has 0 bridgehead atoms. The third-order valence-corrected chi connectivity index (χ3v) is 5.74. The molecule has 0 saturated carbocycles. The Bertz CT molecular complexity index is 1090. The number of rotatable bonds is 6. The Hall–Kier alpha value is -2.89. The van der Waals surface area contributed by atoms with E-state index in [4.69, 9.17) is 4.98 Å². The Balaban J connectivity index is 1.85. The monoisotopic (exact) mass is 436 g/mol. The molecule has 5 nitrogen and oxygen atoms in total. The van der Waals surface area contributed by atoms with Crippen LogP contribution in [-0.4, -0.2) is 25.3 Å². The van der Waals surface area contributed by atoms with Gasteiger partial charge in [-0.2, -0.15) is 9.49 Å². The van der Waals surface area contributed by atoms with Gasteiger partial charge in [0.15, 0.2) is 0 Å². The molecular formula is C26H33FN4O. The van der Waals surface area contributed by atoms with Gasteiger partial charge in [-0.05, 0) is 42.3 Å². The summed E-state index contributed by atoms with van der Waals surface area (Å²) in [5.74, 6) is -0.532. The minimum atomic E-state index is -0.443. The van der Waals surface area contributed by atoms with Gasteiger partial charge in [-0.15, -0.1) is 5.10 Å². The Kier molecular flexibility index (Phi) is 6.36. The SMILES string of the molecule is CC(C)(C)c1cc(CC(C)(C)c2cccc(CC(C)(C)c3ccc(O)nn3)n2)cc(F)n1. The van der Waals surface area contributed by atoms with E-state index in [2.05, 4.69) is 42.9 Å². The molecule has 170 valence electrons. The lowest BCUT2D eigenvalue weighted by atomic mass is 9.80. The van der Waals surface area contributed by atoms with E-state index in [1.54, 1.807) is 12.1 Å². The van der Waals surface area contributed by atoms with Gasteiger partial charge in [0.1, 0.15) is 0 Å². The topological polar surface area (TPSA) is 71.8 Å². The molecule has 1 N–H and O–H groups in total. The van der Waals surface area contributed by atoms with E-state index >= 15 is 0 Å². The quantitative estimate of drug-likeness (QED) is 0.520. The number of halogens is 1. The molecule has 0 spiro atoms. The molecule has 0 aliphatic carbocycles. The van der Waals surface area contributed by atoms with E-state index in [1.165, 1.54) is 6.07 Å². The summed E-state index contributed by atoms with van der Waals surface area (Å²) in [6, 6.07) is 12.9. The third-order valence-electron chi connectivity index (χ3n) is 5.74. The molecule has 0 aliphatic rings. The van der Waals surface area contributed by atoms with Crippen molar-refractivity contribution in [3.8, 4) is 5.88 Å². The zero-order valence-electron chi connectivity index (χ0n) is 20.1. The fourth-order valence-corrected chi connectivity index (χ4v) is 3.82. The summed E-state index contributed by atoms with van der Waals surface area (Å²) in [7, 11) is 0. The largest absolute Gasteiger partial charge is 0.492 e. The van der Waals surface area contributed by atoms with Crippen molar-refractivity contribution in [2.75, 3.05) is 0 Å². The third kappa shape index (κ3) is 5.67. The molecule has 3 heterocycles. The minimum absolute atomic E-state index is 0.0893. The van der Waals surface area contributed by atoms with E-state index in [-0.39, 0.29) is 22.1 Å². The molecule has 0 saturated heterocycles. The van der Waals surface area contributed by atoms with Crippen molar-refractivity contribution in [1.82, 2.24) is 20.2 Å². The highest BCUT2D eigenvalue weighted by atomic mass is 19.1. The van der Waals surface area contributed by atoms with Crippen molar-refractivity contribution < 1.29 is 9.50 Å². The molecule has 0 unspecified atom stereocenters. The highest BCUT2D eigenvalue weighted by molar-refractivity contribution is 5.28. The fourth-order valence-electron chi connectivity index (χ4n) is 3.82. The summed E-state index contributed by atoms with van der Waals surface area (Å²) < 4.78 is 14.2. The molecule has 0 amide bonds. The van der Waals surface area contributed by atoms with E-state index in [0.29, 0.717) is 12.8 Å². The van der Waals surface area contributed by atoms with Gasteiger partial charge in [0, 0.05) is 45.8 Å². The Labute approximate surface area is 190 Å². The second-order valence-corrected chi connectivity index (χ2v) is 10.8. The zero-order chi connectivity index (χ0) is 23.7. The molecule has 3 rings (SSSR count). The summed E-state index contributed by atoms with van der Waals surface area (Å²) >= 11 is 0. The molecule has 32 heavy (non-hydrogen) atoms. The smallest absolute Gasteiger partial charge is 0.230 e. The molecule has 0 aromatic carbocycles. The molecule has 3 aromatic rings. The number of pyridine rings is 2. The summed E-state index contributed by atoms with van der Waals surface area (Å²) in [5, 5.41) is 17.3. The maximum absolute atomic E-state index is 14.2. The van der Waals surface area contributed by atoms with Crippen molar-refractivity contribution in [1.29, 1.82) is 0 Å². The van der Waals surface area contributed by atoms with Gasteiger partial charge in [-0.3, -0.25) is 4.98 Å². The average Bonchev–Trinajstić information content (AvgIpc) is 2.67. The summed E-state index contributed by atoms with van der Waals surface area (Å²) in [4.78, 5) is 9.04. The van der Waals surface area contributed by atoms with Gasteiger partial charge in [-0.25, -0.2) is 4.98 Å². The first-order chi connectivity index (χ1) is 14.8. The number of hydrogen-bond acceptors (Lipinski definition) is 5.